The number of alkyl halides is 3. The number of carbonyl (C=O) groups excluding carboxylic acids is 1. The summed E-state index contributed by atoms with van der Waals surface area (Å²) in [6, 6.07) is 12.7. The Balaban J connectivity index is 1.54. The van der Waals surface area contributed by atoms with Gasteiger partial charge in [-0.3, -0.25) is 9.78 Å². The molecule has 0 atom stereocenters. The van der Waals surface area contributed by atoms with Gasteiger partial charge in [0.15, 0.2) is 5.75 Å². The van der Waals surface area contributed by atoms with E-state index in [9.17, 15) is 18.0 Å². The van der Waals surface area contributed by atoms with Crippen molar-refractivity contribution in [1.29, 1.82) is 0 Å². The van der Waals surface area contributed by atoms with Crippen LogP contribution in [0.4, 0.5) is 13.2 Å². The molecule has 0 N–H and O–H groups in total. The van der Waals surface area contributed by atoms with Crippen LogP contribution in [0.5, 0.6) is 5.75 Å². The van der Waals surface area contributed by atoms with Crippen LogP contribution in [-0.2, 0) is 28.0 Å². The topological polar surface area (TPSA) is 48.4 Å². The van der Waals surface area contributed by atoms with Crippen molar-refractivity contribution in [3.8, 4) is 16.3 Å². The number of nitrogens with zero attached hydrogens (tertiary/aromatic N) is 1. The van der Waals surface area contributed by atoms with Gasteiger partial charge in [-0.15, -0.1) is 23.1 Å². The lowest BCUT2D eigenvalue weighted by Crippen LogP contribution is -2.03. The lowest BCUT2D eigenvalue weighted by Gasteiger charge is -2.08. The lowest BCUT2D eigenvalue weighted by molar-refractivity contribution is -0.211. The first-order valence-corrected chi connectivity index (χ1v) is 13.2. The molecule has 10 heteroatoms. The number of rotatable bonds is 8. The number of thiazole rings is 1. The van der Waals surface area contributed by atoms with Crippen molar-refractivity contribution in [2.75, 3.05) is 0 Å². The average molecular weight is 536 g/mol. The molecule has 4 rings (SSSR count). The molecule has 2 aromatic heterocycles. The molecule has 0 aliphatic rings. The molecule has 182 valence electrons. The van der Waals surface area contributed by atoms with Gasteiger partial charge in [-0.05, 0) is 65.2 Å². The number of halogens is 3. The van der Waals surface area contributed by atoms with Crippen molar-refractivity contribution >= 4 is 40.4 Å². The third-order valence-corrected chi connectivity index (χ3v) is 8.04. The Morgan fingerprint density at radius 3 is 2.51 bits per heavy atom. The Hall–Kier alpha value is -2.82. The van der Waals surface area contributed by atoms with Crippen LogP contribution in [0, 0.1) is 6.92 Å². The van der Waals surface area contributed by atoms with Crippen LogP contribution < -0.4 is 4.89 Å². The van der Waals surface area contributed by atoms with Gasteiger partial charge in [-0.2, -0.15) is 24.5 Å². The summed E-state index contributed by atoms with van der Waals surface area (Å²) in [5, 5.41) is 4.77. The predicted octanol–water partition coefficient (Wildman–Crippen LogP) is 7.94. The lowest BCUT2D eigenvalue weighted by atomic mass is 10.1. The molecule has 0 aliphatic heterocycles. The van der Waals surface area contributed by atoms with Crippen molar-refractivity contribution in [3.63, 3.8) is 0 Å². The highest BCUT2D eigenvalue weighted by Crippen LogP contribution is 2.36. The van der Waals surface area contributed by atoms with Crippen molar-refractivity contribution < 1.29 is 27.7 Å². The molecule has 0 saturated carbocycles. The first kappa shape index (κ1) is 25.3. The highest BCUT2D eigenvalue weighted by molar-refractivity contribution is 7.98. The third-order valence-electron chi connectivity index (χ3n) is 4.95. The van der Waals surface area contributed by atoms with Crippen molar-refractivity contribution in [1.82, 2.24) is 4.98 Å². The highest BCUT2D eigenvalue weighted by Gasteiger charge is 2.30. The number of aromatic nitrogens is 1. The zero-order valence-electron chi connectivity index (χ0n) is 18.7. The molecule has 2 heterocycles. The largest absolute Gasteiger partial charge is 0.416 e. The van der Waals surface area contributed by atoms with E-state index in [1.165, 1.54) is 30.4 Å². The molecule has 0 spiro atoms. The van der Waals surface area contributed by atoms with Crippen LogP contribution in [0.3, 0.4) is 0 Å². The molecular formula is C25H20F3NO3S3. The van der Waals surface area contributed by atoms with Gasteiger partial charge in [-0.1, -0.05) is 12.1 Å². The minimum absolute atomic E-state index is 0.463. The maximum Gasteiger partial charge on any atom is 0.416 e. The predicted molar refractivity (Wildman–Crippen MR) is 133 cm³/mol. The Bertz CT molecular complexity index is 1300. The maximum atomic E-state index is 13.0. The molecule has 4 nitrogen and oxygen atoms in total. The molecule has 0 fully saturated rings. The Kier molecular flexibility index (Phi) is 7.83. The summed E-state index contributed by atoms with van der Waals surface area (Å²) in [4.78, 5) is 27.5. The maximum absolute atomic E-state index is 13.0. The van der Waals surface area contributed by atoms with Crippen LogP contribution >= 0.6 is 34.4 Å². The molecule has 2 aromatic carbocycles. The SMILES string of the molecule is CC(=O)OOc1ccc(SCc2sc(-c3ccc(C(F)(F)F)cc3)nc2Cc2ccsc2)cc1C. The Morgan fingerprint density at radius 1 is 1.11 bits per heavy atom. The summed E-state index contributed by atoms with van der Waals surface area (Å²) < 4.78 is 38.9. The van der Waals surface area contributed by atoms with Crippen LogP contribution in [0.1, 0.15) is 34.2 Å². The summed E-state index contributed by atoms with van der Waals surface area (Å²) in [7, 11) is 0. The summed E-state index contributed by atoms with van der Waals surface area (Å²) in [6.45, 7) is 3.13. The van der Waals surface area contributed by atoms with Gasteiger partial charge in [0, 0.05) is 34.4 Å². The summed E-state index contributed by atoms with van der Waals surface area (Å²) in [5.74, 6) is 0.585. The number of hydrogen-bond donors (Lipinski definition) is 0. The fourth-order valence-electron chi connectivity index (χ4n) is 3.20. The zero-order chi connectivity index (χ0) is 25.0. The highest BCUT2D eigenvalue weighted by atomic mass is 32.2. The van der Waals surface area contributed by atoms with E-state index >= 15 is 0 Å². The van der Waals surface area contributed by atoms with Crippen LogP contribution in [0.2, 0.25) is 0 Å². The van der Waals surface area contributed by atoms with E-state index in [0.717, 1.165) is 38.7 Å². The van der Waals surface area contributed by atoms with Crippen LogP contribution in [0.25, 0.3) is 10.6 Å². The normalized spacial score (nSPS) is 11.5. The summed E-state index contributed by atoms with van der Waals surface area (Å²) in [6.07, 6.45) is -3.71. The molecule has 0 radical (unpaired) electrons. The second kappa shape index (κ2) is 10.8. The van der Waals surface area contributed by atoms with Crippen LogP contribution in [0.15, 0.2) is 64.2 Å². The third kappa shape index (κ3) is 6.65. The first-order valence-electron chi connectivity index (χ1n) is 10.4. The molecule has 35 heavy (non-hydrogen) atoms. The average Bonchev–Trinajstić information content (AvgIpc) is 3.47. The van der Waals surface area contributed by atoms with E-state index in [1.807, 2.05) is 30.5 Å². The van der Waals surface area contributed by atoms with E-state index in [0.29, 0.717) is 28.5 Å². The second-order valence-electron chi connectivity index (χ2n) is 7.65. The molecule has 0 aliphatic carbocycles. The number of hydrogen-bond acceptors (Lipinski definition) is 7. The standard InChI is InChI=1S/C25H20F3NO3S3/c1-15-11-20(7-8-22(15)32-31-16(2)30)34-14-23-21(12-17-9-10-33-13-17)29-24(35-23)18-3-5-19(6-4-18)25(26,27)28/h3-11,13H,12,14H2,1-2H3. The van der Waals surface area contributed by atoms with Crippen molar-refractivity contribution in [3.05, 3.63) is 86.6 Å². The van der Waals surface area contributed by atoms with Gasteiger partial charge < -0.3 is 0 Å². The van der Waals surface area contributed by atoms with E-state index in [-0.39, 0.29) is 0 Å². The van der Waals surface area contributed by atoms with Gasteiger partial charge in [0.25, 0.3) is 0 Å². The minimum Gasteiger partial charge on any atom is -0.287 e. The van der Waals surface area contributed by atoms with Gasteiger partial charge in [-0.25, -0.2) is 9.78 Å². The minimum atomic E-state index is -4.37. The molecule has 0 amide bonds. The Labute approximate surface area is 212 Å². The van der Waals surface area contributed by atoms with E-state index in [2.05, 4.69) is 10.3 Å². The van der Waals surface area contributed by atoms with E-state index in [4.69, 9.17) is 9.87 Å². The monoisotopic (exact) mass is 535 g/mol. The number of thioether (sulfide) groups is 1. The summed E-state index contributed by atoms with van der Waals surface area (Å²) in [5.41, 5.74) is 2.87. The number of aryl methyl sites for hydroxylation is 1. The second-order valence-corrected chi connectivity index (χ2v) is 10.6. The molecule has 0 bridgehead atoms. The quantitative estimate of drug-likeness (QED) is 0.130. The summed E-state index contributed by atoms with van der Waals surface area (Å²) >= 11 is 4.73. The Morgan fingerprint density at radius 2 is 1.89 bits per heavy atom. The van der Waals surface area contributed by atoms with Gasteiger partial charge in [0.2, 0.25) is 0 Å². The number of thiophene rings is 1. The molecule has 0 saturated heterocycles. The number of carbonyl (C=O) groups is 1. The fraction of sp³-hybridized carbons (Fsp3) is 0.200. The van der Waals surface area contributed by atoms with E-state index < -0.39 is 17.7 Å². The van der Waals surface area contributed by atoms with Gasteiger partial charge >= 0.3 is 12.1 Å². The smallest absolute Gasteiger partial charge is 0.287 e. The fourth-order valence-corrected chi connectivity index (χ4v) is 6.05. The van der Waals surface area contributed by atoms with Crippen molar-refractivity contribution in [2.24, 2.45) is 0 Å². The van der Waals surface area contributed by atoms with Gasteiger partial charge in [0.05, 0.1) is 11.3 Å². The van der Waals surface area contributed by atoms with Crippen LogP contribution in [-0.4, -0.2) is 11.0 Å². The molecule has 0 unspecified atom stereocenters. The number of benzene rings is 2. The molecular weight excluding hydrogens is 515 g/mol. The van der Waals surface area contributed by atoms with E-state index in [1.54, 1.807) is 29.2 Å². The van der Waals surface area contributed by atoms with Crippen molar-refractivity contribution in [2.45, 2.75) is 37.1 Å². The first-order chi connectivity index (χ1) is 16.7. The van der Waals surface area contributed by atoms with Gasteiger partial charge in [0.1, 0.15) is 5.01 Å². The molecule has 4 aromatic rings. The zero-order valence-corrected chi connectivity index (χ0v) is 21.2.